The fourth-order valence-corrected chi connectivity index (χ4v) is 4.29. The number of urea groups is 1. The second kappa shape index (κ2) is 14.7. The summed E-state index contributed by atoms with van der Waals surface area (Å²) in [6, 6.07) is 10.4. The molecule has 3 aromatic rings. The van der Waals surface area contributed by atoms with Gasteiger partial charge in [-0.15, -0.1) is 0 Å². The predicted molar refractivity (Wildman–Crippen MR) is 156 cm³/mol. The van der Waals surface area contributed by atoms with Gasteiger partial charge in [0.25, 0.3) is 0 Å². The van der Waals surface area contributed by atoms with E-state index in [-0.39, 0.29) is 30.6 Å². The third-order valence-corrected chi connectivity index (χ3v) is 6.30. The van der Waals surface area contributed by atoms with Gasteiger partial charge in [-0.3, -0.25) is 9.59 Å². The molecule has 0 saturated carbocycles. The zero-order valence-corrected chi connectivity index (χ0v) is 24.3. The lowest BCUT2D eigenvalue weighted by Gasteiger charge is -2.19. The molecular weight excluding hydrogens is 542 g/mol. The monoisotopic (exact) mass is 579 g/mol. The number of ether oxygens (including phenoxy) is 1. The molecule has 0 bridgehead atoms. The summed E-state index contributed by atoms with van der Waals surface area (Å²) in [6.45, 7) is 7.13. The number of carbonyl (C=O) groups excluding carboxylic acids is 3. The van der Waals surface area contributed by atoms with Gasteiger partial charge >= 0.3 is 12.0 Å². The van der Waals surface area contributed by atoms with Crippen molar-refractivity contribution in [2.24, 2.45) is 5.92 Å². The van der Waals surface area contributed by atoms with E-state index in [1.165, 1.54) is 20.3 Å². The molecule has 2 atom stereocenters. The zero-order valence-electron chi connectivity index (χ0n) is 24.3. The molecule has 0 saturated heterocycles. The number of anilines is 2. The minimum absolute atomic E-state index is 0.0367. The number of aromatic nitrogens is 1. The number of aryl methyl sites for hydroxylation is 1. The summed E-state index contributed by atoms with van der Waals surface area (Å²) in [5, 5.41) is 20.3. The van der Waals surface area contributed by atoms with Crippen molar-refractivity contribution in [3.05, 3.63) is 71.4 Å². The lowest BCUT2D eigenvalue weighted by Crippen LogP contribution is -2.41. The number of carboxylic acid groups (broad SMARTS) is 1. The van der Waals surface area contributed by atoms with Crippen LogP contribution >= 0.6 is 0 Å². The highest BCUT2D eigenvalue weighted by molar-refractivity contribution is 6.01. The number of methoxy groups -OCH3 is 1. The van der Waals surface area contributed by atoms with Gasteiger partial charge in [0.1, 0.15) is 23.7 Å². The maximum Gasteiger partial charge on any atom is 0.326 e. The molecule has 1 heterocycles. The molecule has 2 aromatic carbocycles. The van der Waals surface area contributed by atoms with Crippen molar-refractivity contribution in [3.8, 4) is 5.75 Å². The lowest BCUT2D eigenvalue weighted by molar-refractivity contribution is -0.141. The summed E-state index contributed by atoms with van der Waals surface area (Å²) in [4.78, 5) is 52.8. The molecule has 2 unspecified atom stereocenters. The van der Waals surface area contributed by atoms with Gasteiger partial charge < -0.3 is 35.5 Å². The number of hydrogen-bond donors (Lipinski definition) is 5. The molecule has 12 heteroatoms. The Labute approximate surface area is 244 Å². The second-order valence-electron chi connectivity index (χ2n) is 10.3. The van der Waals surface area contributed by atoms with Crippen LogP contribution in [0, 0.1) is 12.8 Å². The standard InChI is InChI=1S/C30H37N5O7/c1-17(2)12-23(25-16-42-28(33-25)15-24(29(38)39)31-19(4)36)32-27(37)14-20-10-11-22(26(13-20)41-5)35-30(40)34-21-9-7-6-8-18(21)3/h6-11,13,16-17,23-24H,12,14-15H2,1-5H3,(H,31,36)(H,32,37)(H,38,39)(H2,34,35,40). The van der Waals surface area contributed by atoms with E-state index in [9.17, 15) is 24.3 Å². The molecule has 0 spiro atoms. The van der Waals surface area contributed by atoms with Crippen LogP contribution in [0.5, 0.6) is 5.75 Å². The Kier molecular flexibility index (Phi) is 11.1. The summed E-state index contributed by atoms with van der Waals surface area (Å²) in [5.74, 6) is -1.23. The zero-order chi connectivity index (χ0) is 30.8. The van der Waals surface area contributed by atoms with Gasteiger partial charge in [0, 0.05) is 12.6 Å². The quantitative estimate of drug-likeness (QED) is 0.200. The number of rotatable bonds is 13. The summed E-state index contributed by atoms with van der Waals surface area (Å²) in [7, 11) is 1.48. The van der Waals surface area contributed by atoms with Gasteiger partial charge in [0.15, 0.2) is 5.89 Å². The van der Waals surface area contributed by atoms with E-state index in [4.69, 9.17) is 9.15 Å². The highest BCUT2D eigenvalue weighted by Crippen LogP contribution is 2.27. The number of nitrogens with one attached hydrogen (secondary N) is 4. The first-order valence-corrected chi connectivity index (χ1v) is 13.5. The van der Waals surface area contributed by atoms with Crippen molar-refractivity contribution in [2.45, 2.75) is 59.0 Å². The van der Waals surface area contributed by atoms with E-state index in [1.807, 2.05) is 39.0 Å². The van der Waals surface area contributed by atoms with Crippen molar-refractivity contribution in [1.29, 1.82) is 0 Å². The van der Waals surface area contributed by atoms with Crippen molar-refractivity contribution in [3.63, 3.8) is 0 Å². The highest BCUT2D eigenvalue weighted by atomic mass is 16.5. The molecule has 224 valence electrons. The minimum atomic E-state index is -1.21. The number of hydrogen-bond acceptors (Lipinski definition) is 7. The molecule has 12 nitrogen and oxygen atoms in total. The molecule has 0 aliphatic carbocycles. The first-order valence-electron chi connectivity index (χ1n) is 13.5. The number of aliphatic carboxylic acids is 1. The van der Waals surface area contributed by atoms with Crippen LogP contribution < -0.4 is 26.0 Å². The Balaban J connectivity index is 1.67. The fraction of sp³-hybridized carbons (Fsp3) is 0.367. The Bertz CT molecular complexity index is 1420. The van der Waals surface area contributed by atoms with Crippen LogP contribution in [-0.4, -0.2) is 47.1 Å². The predicted octanol–water partition coefficient (Wildman–Crippen LogP) is 4.21. The molecule has 1 aromatic heterocycles. The molecule has 0 fully saturated rings. The normalized spacial score (nSPS) is 12.2. The third kappa shape index (κ3) is 9.36. The van der Waals surface area contributed by atoms with Gasteiger partial charge in [-0.1, -0.05) is 38.1 Å². The van der Waals surface area contributed by atoms with Crippen molar-refractivity contribution in [1.82, 2.24) is 15.6 Å². The summed E-state index contributed by atoms with van der Waals surface area (Å²) in [5.41, 5.74) is 3.17. The van der Waals surface area contributed by atoms with Crippen molar-refractivity contribution >= 4 is 35.2 Å². The second-order valence-corrected chi connectivity index (χ2v) is 10.3. The number of benzene rings is 2. The molecule has 0 aliphatic rings. The average molecular weight is 580 g/mol. The van der Waals surface area contributed by atoms with Gasteiger partial charge in [0.05, 0.1) is 31.7 Å². The van der Waals surface area contributed by atoms with Crippen LogP contribution in [0.4, 0.5) is 16.2 Å². The van der Waals surface area contributed by atoms with Crippen LogP contribution in [0.1, 0.15) is 55.9 Å². The molecule has 0 radical (unpaired) electrons. The Morgan fingerprint density at radius 3 is 2.38 bits per heavy atom. The number of carbonyl (C=O) groups is 4. The number of oxazole rings is 1. The minimum Gasteiger partial charge on any atom is -0.495 e. The van der Waals surface area contributed by atoms with E-state index in [1.54, 1.807) is 24.3 Å². The average Bonchev–Trinajstić information content (AvgIpc) is 3.38. The van der Waals surface area contributed by atoms with E-state index in [0.29, 0.717) is 34.8 Å². The molecule has 4 amide bonds. The number of carboxylic acids is 1. The van der Waals surface area contributed by atoms with E-state index < -0.39 is 30.0 Å². The van der Waals surface area contributed by atoms with Crippen LogP contribution in [0.3, 0.4) is 0 Å². The third-order valence-electron chi connectivity index (χ3n) is 6.30. The molecule has 42 heavy (non-hydrogen) atoms. The van der Waals surface area contributed by atoms with Gasteiger partial charge in [0.2, 0.25) is 11.8 Å². The molecule has 5 N–H and O–H groups in total. The smallest absolute Gasteiger partial charge is 0.326 e. The maximum absolute atomic E-state index is 13.1. The first-order chi connectivity index (χ1) is 19.9. The van der Waals surface area contributed by atoms with Gasteiger partial charge in [-0.2, -0.15) is 0 Å². The topological polar surface area (TPSA) is 172 Å². The summed E-state index contributed by atoms with van der Waals surface area (Å²) in [6.07, 6.45) is 1.85. The number of amides is 4. The Morgan fingerprint density at radius 1 is 1.02 bits per heavy atom. The summed E-state index contributed by atoms with van der Waals surface area (Å²) >= 11 is 0. The van der Waals surface area contributed by atoms with Crippen LogP contribution in [0.25, 0.3) is 0 Å². The van der Waals surface area contributed by atoms with Gasteiger partial charge in [-0.25, -0.2) is 14.6 Å². The van der Waals surface area contributed by atoms with Gasteiger partial charge in [-0.05, 0) is 48.6 Å². The molecule has 0 aliphatic heterocycles. The fourth-order valence-electron chi connectivity index (χ4n) is 4.29. The maximum atomic E-state index is 13.1. The van der Waals surface area contributed by atoms with Crippen LogP contribution in [0.2, 0.25) is 0 Å². The largest absolute Gasteiger partial charge is 0.495 e. The molecular formula is C30H37N5O7. The Hall–Kier alpha value is -4.87. The van der Waals surface area contributed by atoms with E-state index >= 15 is 0 Å². The number of para-hydroxylation sites is 1. The highest BCUT2D eigenvalue weighted by Gasteiger charge is 2.25. The van der Waals surface area contributed by atoms with Crippen LogP contribution in [-0.2, 0) is 27.2 Å². The van der Waals surface area contributed by atoms with Crippen molar-refractivity contribution in [2.75, 3.05) is 17.7 Å². The first kappa shape index (κ1) is 31.7. The number of nitrogens with zero attached hydrogens (tertiary/aromatic N) is 1. The van der Waals surface area contributed by atoms with E-state index in [2.05, 4.69) is 26.3 Å². The molecule has 3 rings (SSSR count). The summed E-state index contributed by atoms with van der Waals surface area (Å²) < 4.78 is 10.9. The van der Waals surface area contributed by atoms with Crippen LogP contribution in [0.15, 0.2) is 53.1 Å². The Morgan fingerprint density at radius 2 is 1.74 bits per heavy atom. The van der Waals surface area contributed by atoms with E-state index in [0.717, 1.165) is 5.56 Å². The lowest BCUT2D eigenvalue weighted by atomic mass is 10.0. The SMILES string of the molecule is COc1cc(CC(=O)NC(CC(C)C)c2coc(CC(NC(C)=O)C(=O)O)n2)ccc1NC(=O)Nc1ccccc1C. The van der Waals surface area contributed by atoms with Crippen molar-refractivity contribution < 1.29 is 33.4 Å².